The molecule has 24 heavy (non-hydrogen) atoms. The highest BCUT2D eigenvalue weighted by molar-refractivity contribution is 7.99. The Kier molecular flexibility index (Phi) is 6.20. The van der Waals surface area contributed by atoms with Crippen molar-refractivity contribution in [3.8, 4) is 0 Å². The molecule has 2 N–H and O–H groups in total. The van der Waals surface area contributed by atoms with Gasteiger partial charge in [0.25, 0.3) is 0 Å². The summed E-state index contributed by atoms with van der Waals surface area (Å²) in [4.78, 5) is 23.8. The highest BCUT2D eigenvalue weighted by atomic mass is 32.2. The minimum atomic E-state index is -1.52. The van der Waals surface area contributed by atoms with Crippen molar-refractivity contribution in [1.29, 1.82) is 0 Å². The first-order valence-electron chi connectivity index (χ1n) is 7.40. The first kappa shape index (κ1) is 17.8. The molecule has 2 aromatic rings. The summed E-state index contributed by atoms with van der Waals surface area (Å²) < 4.78 is 4.91. The van der Waals surface area contributed by atoms with Crippen molar-refractivity contribution in [2.45, 2.75) is 23.1 Å². The Bertz CT molecular complexity index is 709. The number of nitrogen functional groups attached to an aromatic ring is 1. The van der Waals surface area contributed by atoms with Gasteiger partial charge in [-0.3, -0.25) is 10.1 Å². The Morgan fingerprint density at radius 3 is 2.42 bits per heavy atom. The van der Waals surface area contributed by atoms with Crippen LogP contribution in [0, 0.1) is 10.1 Å². The van der Waals surface area contributed by atoms with E-state index in [1.807, 2.05) is 6.07 Å². The van der Waals surface area contributed by atoms with E-state index < -0.39 is 22.2 Å². The number of thioether (sulfide) groups is 1. The summed E-state index contributed by atoms with van der Waals surface area (Å²) in [5, 5.41) is 10.8. The van der Waals surface area contributed by atoms with Crippen molar-refractivity contribution in [3.05, 3.63) is 70.3 Å². The Morgan fingerprint density at radius 1 is 1.21 bits per heavy atom. The van der Waals surface area contributed by atoms with Gasteiger partial charge in [0.05, 0.1) is 6.61 Å². The molecule has 0 heterocycles. The number of carbonyl (C=O) groups is 1. The van der Waals surface area contributed by atoms with Crippen molar-refractivity contribution >= 4 is 23.4 Å². The number of nitro groups is 1. The number of hydrogen-bond acceptors (Lipinski definition) is 6. The van der Waals surface area contributed by atoms with E-state index in [2.05, 4.69) is 0 Å². The number of rotatable bonds is 7. The molecule has 0 spiro atoms. The van der Waals surface area contributed by atoms with E-state index in [9.17, 15) is 14.9 Å². The Hall–Kier alpha value is -2.54. The van der Waals surface area contributed by atoms with Gasteiger partial charge in [0, 0.05) is 15.5 Å². The van der Waals surface area contributed by atoms with Crippen LogP contribution in [0.4, 0.5) is 5.69 Å². The summed E-state index contributed by atoms with van der Waals surface area (Å²) in [6, 6.07) is 14.4. The zero-order chi connectivity index (χ0) is 17.5. The van der Waals surface area contributed by atoms with Crippen LogP contribution in [-0.4, -0.2) is 23.5 Å². The number of nitrogens with two attached hydrogens (primary N) is 1. The predicted octanol–water partition coefficient (Wildman–Crippen LogP) is 3.31. The van der Waals surface area contributed by atoms with Crippen molar-refractivity contribution < 1.29 is 14.5 Å². The molecule has 126 valence electrons. The molecule has 2 atom stereocenters. The van der Waals surface area contributed by atoms with Crippen LogP contribution in [0.2, 0.25) is 0 Å². The topological polar surface area (TPSA) is 95.5 Å². The van der Waals surface area contributed by atoms with Crippen LogP contribution in [0.5, 0.6) is 0 Å². The van der Waals surface area contributed by atoms with Gasteiger partial charge in [0.2, 0.25) is 0 Å². The second kappa shape index (κ2) is 8.35. The third-order valence-corrected chi connectivity index (χ3v) is 4.75. The second-order valence-corrected chi connectivity index (χ2v) is 6.15. The fourth-order valence-electron chi connectivity index (χ4n) is 2.23. The number of ether oxygens (including phenoxy) is 1. The van der Waals surface area contributed by atoms with Crippen LogP contribution in [0.15, 0.2) is 59.5 Å². The molecular formula is C17H18N2O4S. The maximum atomic E-state index is 12.2. The predicted molar refractivity (Wildman–Crippen MR) is 93.3 cm³/mol. The van der Waals surface area contributed by atoms with Gasteiger partial charge in [-0.1, -0.05) is 42.5 Å². The molecule has 0 radical (unpaired) electrons. The van der Waals surface area contributed by atoms with Crippen LogP contribution >= 0.6 is 11.8 Å². The lowest BCUT2D eigenvalue weighted by Gasteiger charge is -2.20. The summed E-state index contributed by atoms with van der Waals surface area (Å²) in [5.41, 5.74) is 7.13. The molecule has 0 aliphatic heterocycles. The molecule has 0 aliphatic carbocycles. The number of nitrogens with zero attached hydrogens (tertiary/aromatic N) is 1. The molecule has 0 saturated heterocycles. The van der Waals surface area contributed by atoms with Crippen molar-refractivity contribution in [1.82, 2.24) is 0 Å². The maximum absolute atomic E-state index is 12.2. The van der Waals surface area contributed by atoms with Gasteiger partial charge in [-0.25, -0.2) is 4.79 Å². The Morgan fingerprint density at radius 2 is 1.83 bits per heavy atom. The zero-order valence-corrected chi connectivity index (χ0v) is 13.9. The zero-order valence-electron chi connectivity index (χ0n) is 13.1. The van der Waals surface area contributed by atoms with Crippen LogP contribution < -0.4 is 5.73 Å². The van der Waals surface area contributed by atoms with Gasteiger partial charge in [-0.15, -0.1) is 11.8 Å². The standard InChI is InChI=1S/C17H18N2O4S/c1-2-23-17(20)15(19(21)22)16(12-8-4-3-5-9-12)24-14-11-7-6-10-13(14)18/h3-11,15-16H,2,18H2,1H3. The van der Waals surface area contributed by atoms with Crippen LogP contribution in [0.25, 0.3) is 0 Å². The quantitative estimate of drug-likeness (QED) is 0.272. The van der Waals surface area contributed by atoms with Crippen molar-refractivity contribution in [2.24, 2.45) is 0 Å². The first-order valence-corrected chi connectivity index (χ1v) is 8.28. The summed E-state index contributed by atoms with van der Waals surface area (Å²) >= 11 is 1.19. The van der Waals surface area contributed by atoms with Crippen LogP contribution in [0.3, 0.4) is 0 Å². The minimum Gasteiger partial charge on any atom is -0.461 e. The summed E-state index contributed by atoms with van der Waals surface area (Å²) in [7, 11) is 0. The van der Waals surface area contributed by atoms with E-state index in [0.717, 1.165) is 0 Å². The lowest BCUT2D eigenvalue weighted by molar-refractivity contribution is -0.510. The van der Waals surface area contributed by atoms with E-state index in [1.165, 1.54) is 11.8 Å². The summed E-state index contributed by atoms with van der Waals surface area (Å²) in [5.74, 6) is -0.849. The van der Waals surface area contributed by atoms with Crippen LogP contribution in [-0.2, 0) is 9.53 Å². The average Bonchev–Trinajstić information content (AvgIpc) is 2.57. The van der Waals surface area contributed by atoms with E-state index >= 15 is 0 Å². The number of para-hydroxylation sites is 1. The molecule has 7 heteroatoms. The molecule has 2 aromatic carbocycles. The van der Waals surface area contributed by atoms with Gasteiger partial charge in [0.15, 0.2) is 0 Å². The van der Waals surface area contributed by atoms with Gasteiger partial charge >= 0.3 is 12.0 Å². The van der Waals surface area contributed by atoms with Crippen LogP contribution in [0.1, 0.15) is 17.7 Å². The number of hydrogen-bond donors (Lipinski definition) is 1. The average molecular weight is 346 g/mol. The van der Waals surface area contributed by atoms with E-state index in [0.29, 0.717) is 16.1 Å². The molecule has 0 fully saturated rings. The molecule has 0 saturated carbocycles. The third-order valence-electron chi connectivity index (χ3n) is 3.34. The first-order chi connectivity index (χ1) is 11.5. The molecule has 6 nitrogen and oxygen atoms in total. The molecule has 0 aliphatic rings. The van der Waals surface area contributed by atoms with Gasteiger partial charge in [-0.2, -0.15) is 0 Å². The van der Waals surface area contributed by atoms with Gasteiger partial charge in [-0.05, 0) is 24.6 Å². The molecule has 0 aromatic heterocycles. The highest BCUT2D eigenvalue weighted by Crippen LogP contribution is 2.41. The van der Waals surface area contributed by atoms with Crippen molar-refractivity contribution in [3.63, 3.8) is 0 Å². The number of esters is 1. The van der Waals surface area contributed by atoms with Gasteiger partial charge < -0.3 is 10.5 Å². The summed E-state index contributed by atoms with van der Waals surface area (Å²) in [6.07, 6.45) is 0. The molecule has 0 bridgehead atoms. The largest absolute Gasteiger partial charge is 0.461 e. The summed E-state index contributed by atoms with van der Waals surface area (Å²) in [6.45, 7) is 1.71. The lowest BCUT2D eigenvalue weighted by Crippen LogP contribution is -2.36. The molecular weight excluding hydrogens is 328 g/mol. The van der Waals surface area contributed by atoms with Crippen molar-refractivity contribution in [2.75, 3.05) is 12.3 Å². The van der Waals surface area contributed by atoms with E-state index in [-0.39, 0.29) is 6.61 Å². The molecule has 2 rings (SSSR count). The Balaban J connectivity index is 2.43. The number of carbonyl (C=O) groups excluding carboxylic acids is 1. The third kappa shape index (κ3) is 4.26. The normalized spacial score (nSPS) is 13.0. The van der Waals surface area contributed by atoms with E-state index in [4.69, 9.17) is 10.5 Å². The maximum Gasteiger partial charge on any atom is 0.383 e. The minimum absolute atomic E-state index is 0.0861. The monoisotopic (exact) mass is 346 g/mol. The second-order valence-electron chi connectivity index (χ2n) is 4.97. The number of benzene rings is 2. The fourth-order valence-corrected chi connectivity index (χ4v) is 3.50. The number of anilines is 1. The smallest absolute Gasteiger partial charge is 0.383 e. The highest BCUT2D eigenvalue weighted by Gasteiger charge is 2.42. The fraction of sp³-hybridized carbons (Fsp3) is 0.235. The molecule has 2 unspecified atom stereocenters. The molecule has 0 amide bonds. The lowest BCUT2D eigenvalue weighted by atomic mass is 10.1. The van der Waals surface area contributed by atoms with E-state index in [1.54, 1.807) is 55.5 Å². The van der Waals surface area contributed by atoms with Gasteiger partial charge in [0.1, 0.15) is 5.25 Å². The Labute approximate surface area is 144 Å². The SMILES string of the molecule is CCOC(=O)C(C(Sc1ccccc1N)c1ccccc1)[N+](=O)[O-].